The first-order chi connectivity index (χ1) is 18.2. The summed E-state index contributed by atoms with van der Waals surface area (Å²) in [5, 5.41) is 10.1. The number of rotatable bonds is 8. The minimum Gasteiger partial charge on any atom is -0.488 e. The number of aryl methyl sites for hydroxylation is 1. The Labute approximate surface area is 219 Å². The first kappa shape index (κ1) is 25.9. The van der Waals surface area contributed by atoms with E-state index in [0.717, 1.165) is 22.3 Å². The Morgan fingerprint density at radius 2 is 1.68 bits per heavy atom. The van der Waals surface area contributed by atoms with Crippen molar-refractivity contribution in [1.29, 1.82) is 0 Å². The summed E-state index contributed by atoms with van der Waals surface area (Å²) in [6.45, 7) is 2.27. The van der Waals surface area contributed by atoms with Gasteiger partial charge in [-0.2, -0.15) is 0 Å². The molecule has 3 aromatic rings. The fourth-order valence-corrected chi connectivity index (χ4v) is 5.09. The van der Waals surface area contributed by atoms with Crippen molar-refractivity contribution in [2.45, 2.75) is 63.5 Å². The van der Waals surface area contributed by atoms with E-state index < -0.39 is 48.9 Å². The predicted molar refractivity (Wildman–Crippen MR) is 136 cm³/mol. The van der Waals surface area contributed by atoms with Gasteiger partial charge in [0.05, 0.1) is 6.10 Å². The molecule has 1 unspecified atom stereocenters. The van der Waals surface area contributed by atoms with Crippen molar-refractivity contribution >= 4 is 11.9 Å². The van der Waals surface area contributed by atoms with Gasteiger partial charge in [-0.05, 0) is 29.2 Å². The third-order valence-corrected chi connectivity index (χ3v) is 7.17. The van der Waals surface area contributed by atoms with Crippen LogP contribution in [0.4, 0.5) is 8.78 Å². The first-order valence-corrected chi connectivity index (χ1v) is 12.6. The second-order valence-electron chi connectivity index (χ2n) is 9.96. The third-order valence-electron chi connectivity index (χ3n) is 7.17. The van der Waals surface area contributed by atoms with Crippen LogP contribution in [0, 0.1) is 6.92 Å². The lowest BCUT2D eigenvalue weighted by Gasteiger charge is -2.40. The highest BCUT2D eigenvalue weighted by molar-refractivity contribution is 5.88. The molecule has 1 aliphatic heterocycles. The van der Waals surface area contributed by atoms with Gasteiger partial charge in [-0.15, -0.1) is 0 Å². The Kier molecular flexibility index (Phi) is 7.17. The van der Waals surface area contributed by atoms with Crippen molar-refractivity contribution < 1.29 is 33.0 Å². The Morgan fingerprint density at radius 1 is 1.03 bits per heavy atom. The largest absolute Gasteiger partial charge is 0.488 e. The van der Waals surface area contributed by atoms with E-state index in [1.807, 2.05) is 49.4 Å². The zero-order chi connectivity index (χ0) is 26.9. The highest BCUT2D eigenvalue weighted by Crippen LogP contribution is 2.42. The lowest BCUT2D eigenvalue weighted by Crippen LogP contribution is -2.51. The van der Waals surface area contributed by atoms with Crippen molar-refractivity contribution in [3.63, 3.8) is 0 Å². The molecule has 5 rings (SSSR count). The average Bonchev–Trinajstić information content (AvgIpc) is 2.90. The van der Waals surface area contributed by atoms with Gasteiger partial charge in [0, 0.05) is 31.4 Å². The number of carboxylic acid groups (broad SMARTS) is 1. The predicted octanol–water partition coefficient (Wildman–Crippen LogP) is 5.47. The van der Waals surface area contributed by atoms with Gasteiger partial charge < -0.3 is 19.5 Å². The van der Waals surface area contributed by atoms with Gasteiger partial charge in [-0.25, -0.2) is 13.6 Å². The Bertz CT molecular complexity index is 1310. The highest BCUT2D eigenvalue weighted by atomic mass is 19.3. The molecule has 1 saturated carbocycles. The number of benzene rings is 3. The van der Waals surface area contributed by atoms with Gasteiger partial charge >= 0.3 is 5.97 Å². The minimum absolute atomic E-state index is 0.0423. The fraction of sp³-hybridized carbons (Fsp3) is 0.333. The third kappa shape index (κ3) is 5.41. The molecule has 2 aliphatic rings. The zero-order valence-electron chi connectivity index (χ0n) is 21.0. The molecule has 0 spiro atoms. The van der Waals surface area contributed by atoms with E-state index >= 15 is 0 Å². The number of amides is 1. The van der Waals surface area contributed by atoms with Crippen molar-refractivity contribution in [3.8, 4) is 5.75 Å². The van der Waals surface area contributed by atoms with Crippen LogP contribution in [0.1, 0.15) is 46.8 Å². The summed E-state index contributed by atoms with van der Waals surface area (Å²) in [5.41, 5.74) is 3.90. The van der Waals surface area contributed by atoms with Crippen LogP contribution in [0.25, 0.3) is 0 Å². The Morgan fingerprint density at radius 3 is 2.32 bits per heavy atom. The van der Waals surface area contributed by atoms with Crippen molar-refractivity contribution in [1.82, 2.24) is 4.90 Å². The molecular weight excluding hydrogens is 492 g/mol. The van der Waals surface area contributed by atoms with E-state index in [0.29, 0.717) is 17.9 Å². The van der Waals surface area contributed by atoms with Crippen LogP contribution in [0.2, 0.25) is 0 Å². The van der Waals surface area contributed by atoms with Gasteiger partial charge in [0.1, 0.15) is 18.4 Å². The van der Waals surface area contributed by atoms with Gasteiger partial charge in [-0.1, -0.05) is 72.8 Å². The minimum atomic E-state index is -2.81. The highest BCUT2D eigenvalue weighted by Gasteiger charge is 2.49. The molecule has 1 heterocycles. The first-order valence-electron chi connectivity index (χ1n) is 12.6. The average molecular weight is 522 g/mol. The Hall–Kier alpha value is -3.78. The number of fused-ring (bicyclic) bond motifs is 1. The van der Waals surface area contributed by atoms with Crippen LogP contribution in [0.3, 0.4) is 0 Å². The number of halogens is 2. The molecule has 0 radical (unpaired) electrons. The lowest BCUT2D eigenvalue weighted by atomic mass is 9.89. The number of carbonyl (C=O) groups excluding carboxylic acids is 1. The summed E-state index contributed by atoms with van der Waals surface area (Å²) < 4.78 is 39.1. The van der Waals surface area contributed by atoms with Crippen LogP contribution in [-0.4, -0.2) is 40.0 Å². The zero-order valence-corrected chi connectivity index (χ0v) is 21.0. The smallest absolute Gasteiger partial charge is 0.326 e. The fourth-order valence-electron chi connectivity index (χ4n) is 5.09. The summed E-state index contributed by atoms with van der Waals surface area (Å²) >= 11 is 0. The molecule has 2 atom stereocenters. The standard InChI is InChI=1S/C30H29F2NO5/c1-19-12-13-22-17-33(25(29(35)36)14-24(22)26(19)37-18-20-8-4-2-5-9-20)28(34)27(21-10-6-3-7-11-21)38-23-15-30(31,32)16-23/h2-13,23,25,27H,14-18H2,1H3,(H,35,36)/t25-,27?/m1/s1. The summed E-state index contributed by atoms with van der Waals surface area (Å²) in [5.74, 6) is -3.90. The molecule has 38 heavy (non-hydrogen) atoms. The maximum atomic E-state index is 13.8. The van der Waals surface area contributed by atoms with Gasteiger partial charge in [0.2, 0.25) is 0 Å². The maximum Gasteiger partial charge on any atom is 0.326 e. The van der Waals surface area contributed by atoms with E-state index in [-0.39, 0.29) is 13.0 Å². The number of ether oxygens (including phenoxy) is 2. The molecule has 0 bridgehead atoms. The molecule has 8 heteroatoms. The molecule has 1 fully saturated rings. The second-order valence-corrected chi connectivity index (χ2v) is 9.96. The number of aliphatic carboxylic acids is 1. The van der Waals surface area contributed by atoms with E-state index in [4.69, 9.17) is 9.47 Å². The van der Waals surface area contributed by atoms with Crippen LogP contribution >= 0.6 is 0 Å². The van der Waals surface area contributed by atoms with E-state index in [1.54, 1.807) is 30.3 Å². The summed E-state index contributed by atoms with van der Waals surface area (Å²) in [7, 11) is 0. The van der Waals surface area contributed by atoms with Gasteiger partial charge in [0.15, 0.2) is 6.10 Å². The molecule has 3 aromatic carbocycles. The molecule has 0 aromatic heterocycles. The van der Waals surface area contributed by atoms with Gasteiger partial charge in [-0.3, -0.25) is 4.79 Å². The number of alkyl halides is 2. The summed E-state index contributed by atoms with van der Waals surface area (Å²) in [6.07, 6.45) is -2.82. The SMILES string of the molecule is Cc1ccc2c(c1OCc1ccccc1)C[C@H](C(=O)O)N(C(=O)C(OC1CC(F)(F)C1)c1ccccc1)C2. The second kappa shape index (κ2) is 10.5. The molecular formula is C30H29F2NO5. The number of hydrogen-bond acceptors (Lipinski definition) is 4. The van der Waals surface area contributed by atoms with E-state index in [9.17, 15) is 23.5 Å². The van der Waals surface area contributed by atoms with Crippen molar-refractivity contribution in [2.75, 3.05) is 0 Å². The number of hydrogen-bond donors (Lipinski definition) is 1. The van der Waals surface area contributed by atoms with E-state index in [2.05, 4.69) is 0 Å². The molecule has 1 amide bonds. The number of nitrogens with zero attached hydrogens (tertiary/aromatic N) is 1. The Balaban J connectivity index is 1.43. The van der Waals surface area contributed by atoms with Crippen molar-refractivity contribution in [3.05, 3.63) is 101 Å². The summed E-state index contributed by atoms with van der Waals surface area (Å²) in [6, 6.07) is 20.9. The maximum absolute atomic E-state index is 13.8. The van der Waals surface area contributed by atoms with Crippen LogP contribution in [-0.2, 0) is 33.9 Å². The monoisotopic (exact) mass is 521 g/mol. The van der Waals surface area contributed by atoms with E-state index in [1.165, 1.54) is 4.90 Å². The normalized spacial score (nSPS) is 19.2. The lowest BCUT2D eigenvalue weighted by molar-refractivity contribution is -0.193. The van der Waals surface area contributed by atoms with Gasteiger partial charge in [0.25, 0.3) is 11.8 Å². The molecule has 198 valence electrons. The quantitative estimate of drug-likeness (QED) is 0.426. The topological polar surface area (TPSA) is 76.1 Å². The molecule has 1 N–H and O–H groups in total. The van der Waals surface area contributed by atoms with Crippen LogP contribution in [0.15, 0.2) is 72.8 Å². The summed E-state index contributed by atoms with van der Waals surface area (Å²) in [4.78, 5) is 27.5. The molecule has 0 saturated heterocycles. The van der Waals surface area contributed by atoms with Crippen molar-refractivity contribution in [2.24, 2.45) is 0 Å². The number of carbonyl (C=O) groups is 2. The molecule has 1 aliphatic carbocycles. The van der Waals surface area contributed by atoms with Crippen LogP contribution < -0.4 is 4.74 Å². The molecule has 6 nitrogen and oxygen atoms in total. The number of carboxylic acids is 1. The van der Waals surface area contributed by atoms with Crippen LogP contribution in [0.5, 0.6) is 5.75 Å².